The van der Waals surface area contributed by atoms with Crippen LogP contribution >= 0.6 is 0 Å². The Balaban J connectivity index is 2.15. The Hall–Kier alpha value is -4.58. The molecule has 18 heteroatoms. The Morgan fingerprint density at radius 2 is 1.60 bits per heavy atom. The van der Waals surface area contributed by atoms with Crippen molar-refractivity contribution < 1.29 is 43.8 Å². The number of H-pyrrole nitrogens is 1. The molecule has 1 aromatic rings. The van der Waals surface area contributed by atoms with E-state index >= 15 is 0 Å². The van der Waals surface area contributed by atoms with Crippen molar-refractivity contribution in [2.75, 3.05) is 13.1 Å². The summed E-state index contributed by atoms with van der Waals surface area (Å²) in [6.07, 6.45) is 4.81. The summed E-state index contributed by atoms with van der Waals surface area (Å²) in [7, 11) is 0. The largest absolute Gasteiger partial charge is 0.481 e. The predicted molar refractivity (Wildman–Crippen MR) is 171 cm³/mol. The highest BCUT2D eigenvalue weighted by Gasteiger charge is 2.35. The molecule has 7 atom stereocenters. The second kappa shape index (κ2) is 19.9. The van der Waals surface area contributed by atoms with Gasteiger partial charge in [0.2, 0.25) is 29.5 Å². The molecule has 268 valence electrons. The molecule has 5 amide bonds. The van der Waals surface area contributed by atoms with Crippen molar-refractivity contribution in [1.82, 2.24) is 41.9 Å². The highest BCUT2D eigenvalue weighted by atomic mass is 16.4. The van der Waals surface area contributed by atoms with Gasteiger partial charge in [0.15, 0.2) is 0 Å². The van der Waals surface area contributed by atoms with Crippen LogP contribution in [-0.4, -0.2) is 111 Å². The Labute approximate surface area is 278 Å². The number of nitrogens with two attached hydrogens (primary N) is 1. The maximum Gasteiger partial charge on any atom is 0.326 e. The lowest BCUT2D eigenvalue weighted by atomic mass is 9.96. The number of amides is 5. The number of imidazole rings is 1. The zero-order valence-electron chi connectivity index (χ0n) is 27.5. The third kappa shape index (κ3) is 12.9. The third-order valence-corrected chi connectivity index (χ3v) is 8.11. The molecule has 2 rings (SSSR count). The SMILES string of the molecule is CC[C@H](C)[C@H](NC(=O)[C@H](CC(=O)O)NC(=O)[C@@H]1CCCN1)C(=O)N[C@@H](CCCCN)C(=O)N[C@@H](C)C(=O)N[C@@H](Cc1cnc[nH]1)C(=O)O. The minimum Gasteiger partial charge on any atom is -0.481 e. The summed E-state index contributed by atoms with van der Waals surface area (Å²) in [5.41, 5.74) is 6.09. The Bertz CT molecular complexity index is 1250. The molecule has 48 heavy (non-hydrogen) atoms. The van der Waals surface area contributed by atoms with E-state index in [1.807, 2.05) is 0 Å². The number of hydrogen-bond donors (Lipinski definition) is 10. The molecule has 0 saturated carbocycles. The number of aromatic nitrogens is 2. The summed E-state index contributed by atoms with van der Waals surface area (Å²) in [4.78, 5) is 95.6. The number of rotatable bonds is 21. The van der Waals surface area contributed by atoms with E-state index in [-0.39, 0.29) is 12.8 Å². The smallest absolute Gasteiger partial charge is 0.326 e. The number of carboxylic acid groups (broad SMARTS) is 2. The maximum absolute atomic E-state index is 13.6. The van der Waals surface area contributed by atoms with Gasteiger partial charge in [0, 0.05) is 18.3 Å². The molecule has 0 aliphatic carbocycles. The lowest BCUT2D eigenvalue weighted by molar-refractivity contribution is -0.142. The summed E-state index contributed by atoms with van der Waals surface area (Å²) in [5.74, 6) is -6.71. The maximum atomic E-state index is 13.6. The second-order valence-electron chi connectivity index (χ2n) is 11.9. The van der Waals surface area contributed by atoms with Crippen molar-refractivity contribution in [2.24, 2.45) is 11.7 Å². The quantitative estimate of drug-likeness (QED) is 0.0625. The average Bonchev–Trinajstić information content (AvgIpc) is 3.77. The Morgan fingerprint density at radius 3 is 2.17 bits per heavy atom. The van der Waals surface area contributed by atoms with E-state index in [1.165, 1.54) is 19.4 Å². The standard InChI is InChI=1S/C30H49N9O9/c1-4-16(2)24(39-28(45)21(13-23(40)41)37-26(43)19-9-7-11-33-19)29(46)36-20(8-5-6-10-31)27(44)35-17(3)25(42)38-22(30(47)48)12-18-14-32-15-34-18/h14-17,19-22,24,33H,4-13,31H2,1-3H3,(H,32,34)(H,35,44)(H,36,46)(H,37,43)(H,38,42)(H,39,45)(H,40,41)(H,47,48)/t16-,17-,19-,20-,21-,22-,24-/m0/s1. The number of aromatic amines is 1. The van der Waals surface area contributed by atoms with E-state index in [4.69, 9.17) is 5.73 Å². The van der Waals surface area contributed by atoms with Crippen molar-refractivity contribution in [1.29, 1.82) is 0 Å². The summed E-state index contributed by atoms with van der Waals surface area (Å²) in [6, 6.07) is -6.87. The van der Waals surface area contributed by atoms with E-state index in [1.54, 1.807) is 13.8 Å². The van der Waals surface area contributed by atoms with Crippen molar-refractivity contribution >= 4 is 41.5 Å². The summed E-state index contributed by atoms with van der Waals surface area (Å²) >= 11 is 0. The van der Waals surface area contributed by atoms with E-state index in [0.717, 1.165) is 6.42 Å². The number of aliphatic carboxylic acids is 2. The van der Waals surface area contributed by atoms with Gasteiger partial charge in [0.05, 0.1) is 18.8 Å². The monoisotopic (exact) mass is 679 g/mol. The van der Waals surface area contributed by atoms with Gasteiger partial charge in [-0.1, -0.05) is 20.3 Å². The molecule has 1 aromatic heterocycles. The fourth-order valence-electron chi connectivity index (χ4n) is 5.04. The third-order valence-electron chi connectivity index (χ3n) is 8.11. The molecule has 2 heterocycles. The van der Waals surface area contributed by atoms with Gasteiger partial charge in [-0.2, -0.15) is 0 Å². The molecule has 11 N–H and O–H groups in total. The van der Waals surface area contributed by atoms with Crippen LogP contribution in [0, 0.1) is 5.92 Å². The lowest BCUT2D eigenvalue weighted by Crippen LogP contribution is -2.60. The van der Waals surface area contributed by atoms with Gasteiger partial charge in [0.25, 0.3) is 0 Å². The van der Waals surface area contributed by atoms with E-state index in [2.05, 4.69) is 41.9 Å². The number of carboxylic acids is 2. The average molecular weight is 680 g/mol. The molecule has 18 nitrogen and oxygen atoms in total. The number of unbranched alkanes of at least 4 members (excludes halogenated alkanes) is 1. The zero-order chi connectivity index (χ0) is 35.8. The molecular formula is C30H49N9O9. The van der Waals surface area contributed by atoms with Gasteiger partial charge < -0.3 is 52.8 Å². The molecule has 1 saturated heterocycles. The number of nitrogens with zero attached hydrogens (tertiary/aromatic N) is 1. The first-order valence-corrected chi connectivity index (χ1v) is 16.1. The van der Waals surface area contributed by atoms with Gasteiger partial charge in [-0.3, -0.25) is 28.8 Å². The van der Waals surface area contributed by atoms with Gasteiger partial charge >= 0.3 is 11.9 Å². The Kier molecular flexibility index (Phi) is 16.4. The van der Waals surface area contributed by atoms with Crippen LogP contribution in [0.2, 0.25) is 0 Å². The summed E-state index contributed by atoms with van der Waals surface area (Å²) < 4.78 is 0. The molecular weight excluding hydrogens is 630 g/mol. The van der Waals surface area contributed by atoms with E-state index < -0.39 is 90.1 Å². The first-order chi connectivity index (χ1) is 22.8. The van der Waals surface area contributed by atoms with Gasteiger partial charge in [-0.05, 0) is 58.0 Å². The van der Waals surface area contributed by atoms with Crippen molar-refractivity contribution in [2.45, 2.75) is 108 Å². The molecule has 0 unspecified atom stereocenters. The fourth-order valence-corrected chi connectivity index (χ4v) is 5.04. The van der Waals surface area contributed by atoms with Gasteiger partial charge in [-0.15, -0.1) is 0 Å². The van der Waals surface area contributed by atoms with E-state index in [0.29, 0.717) is 44.5 Å². The van der Waals surface area contributed by atoms with Crippen LogP contribution in [-0.2, 0) is 40.0 Å². The minimum absolute atomic E-state index is 0.0727. The number of nitrogens with one attached hydrogen (secondary N) is 7. The van der Waals surface area contributed by atoms with Crippen LogP contribution in [0.3, 0.4) is 0 Å². The first-order valence-electron chi connectivity index (χ1n) is 16.1. The fraction of sp³-hybridized carbons (Fsp3) is 0.667. The molecule has 0 bridgehead atoms. The van der Waals surface area contributed by atoms with Crippen molar-refractivity contribution in [3.63, 3.8) is 0 Å². The van der Waals surface area contributed by atoms with Crippen LogP contribution < -0.4 is 37.6 Å². The van der Waals surface area contributed by atoms with Crippen LogP contribution in [0.25, 0.3) is 0 Å². The van der Waals surface area contributed by atoms with Crippen LogP contribution in [0.5, 0.6) is 0 Å². The van der Waals surface area contributed by atoms with Crippen molar-refractivity contribution in [3.05, 3.63) is 18.2 Å². The first kappa shape index (κ1) is 39.6. The molecule has 0 radical (unpaired) electrons. The van der Waals surface area contributed by atoms with Gasteiger partial charge in [-0.25, -0.2) is 9.78 Å². The second-order valence-corrected chi connectivity index (χ2v) is 11.9. The highest BCUT2D eigenvalue weighted by Crippen LogP contribution is 2.12. The number of hydrogen-bond acceptors (Lipinski definition) is 10. The molecule has 1 fully saturated rings. The van der Waals surface area contributed by atoms with Gasteiger partial charge in [0.1, 0.15) is 30.2 Å². The van der Waals surface area contributed by atoms with Crippen LogP contribution in [0.4, 0.5) is 0 Å². The topological polar surface area (TPSA) is 287 Å². The number of carbonyl (C=O) groups excluding carboxylic acids is 5. The van der Waals surface area contributed by atoms with Crippen molar-refractivity contribution in [3.8, 4) is 0 Å². The highest BCUT2D eigenvalue weighted by molar-refractivity contribution is 5.97. The lowest BCUT2D eigenvalue weighted by Gasteiger charge is -2.29. The predicted octanol–water partition coefficient (Wildman–Crippen LogP) is -2.12. The molecule has 0 spiro atoms. The van der Waals surface area contributed by atoms with Crippen LogP contribution in [0.1, 0.15) is 71.4 Å². The summed E-state index contributed by atoms with van der Waals surface area (Å²) in [5, 5.41) is 34.5. The minimum atomic E-state index is -1.46. The molecule has 1 aliphatic rings. The molecule has 1 aliphatic heterocycles. The zero-order valence-corrected chi connectivity index (χ0v) is 27.5. The Morgan fingerprint density at radius 1 is 0.917 bits per heavy atom. The summed E-state index contributed by atoms with van der Waals surface area (Å²) in [6.45, 7) is 5.77. The normalized spacial score (nSPS) is 17.9. The van der Waals surface area contributed by atoms with E-state index in [9.17, 15) is 43.8 Å². The molecule has 0 aromatic carbocycles. The van der Waals surface area contributed by atoms with Crippen LogP contribution in [0.15, 0.2) is 12.5 Å². The number of carbonyl (C=O) groups is 7.